The molecule has 2 unspecified atom stereocenters. The summed E-state index contributed by atoms with van der Waals surface area (Å²) in [6, 6.07) is 0. The van der Waals surface area contributed by atoms with E-state index in [1.54, 1.807) is 0 Å². The van der Waals surface area contributed by atoms with Crippen LogP contribution in [0.25, 0.3) is 0 Å². The Morgan fingerprint density at radius 2 is 1.96 bits per heavy atom. The van der Waals surface area contributed by atoms with Crippen molar-refractivity contribution in [3.05, 3.63) is 11.6 Å². The van der Waals surface area contributed by atoms with Crippen molar-refractivity contribution < 1.29 is 14.3 Å². The minimum atomic E-state index is -0.0185. The van der Waals surface area contributed by atoms with Crippen molar-refractivity contribution in [1.29, 1.82) is 0 Å². The molecule has 3 nitrogen and oxygen atoms in total. The number of allylic oxidation sites excluding steroid dienone is 1. The van der Waals surface area contributed by atoms with Crippen molar-refractivity contribution in [2.24, 2.45) is 28.6 Å². The lowest BCUT2D eigenvalue weighted by atomic mass is 9.47. The van der Waals surface area contributed by atoms with Crippen LogP contribution in [0.4, 0.5) is 0 Å². The average molecular weight is 437 g/mol. The van der Waals surface area contributed by atoms with Crippen molar-refractivity contribution in [2.75, 3.05) is 5.33 Å². The number of hydrogen-bond donors (Lipinski definition) is 0. The second kappa shape index (κ2) is 7.31. The first-order valence-electron chi connectivity index (χ1n) is 10.9. The van der Waals surface area contributed by atoms with E-state index in [1.165, 1.54) is 24.8 Å². The summed E-state index contributed by atoms with van der Waals surface area (Å²) in [7, 11) is 0. The SMILES string of the molecule is CC12CCC(=O)C=C1CC[C@@H]1[C@@H]2CCC2(C)[C@@H](OC(=O)CCCBr)CC[C@@H]12. The van der Waals surface area contributed by atoms with Crippen LogP contribution in [0.5, 0.6) is 0 Å². The number of carbonyl (C=O) groups is 2. The fraction of sp³-hybridized carbons (Fsp3) is 0.826. The van der Waals surface area contributed by atoms with E-state index in [0.29, 0.717) is 24.0 Å². The van der Waals surface area contributed by atoms with Gasteiger partial charge in [-0.3, -0.25) is 9.59 Å². The molecule has 0 aromatic rings. The first-order chi connectivity index (χ1) is 12.9. The van der Waals surface area contributed by atoms with Crippen LogP contribution in [0, 0.1) is 28.6 Å². The van der Waals surface area contributed by atoms with Gasteiger partial charge in [0.05, 0.1) is 0 Å². The number of fused-ring (bicyclic) bond motifs is 5. The Kier molecular flexibility index (Phi) is 5.33. The summed E-state index contributed by atoms with van der Waals surface area (Å²) in [5, 5.41) is 0.855. The minimum Gasteiger partial charge on any atom is -0.462 e. The highest BCUT2D eigenvalue weighted by atomic mass is 79.9. The van der Waals surface area contributed by atoms with Gasteiger partial charge < -0.3 is 4.74 Å². The molecule has 0 N–H and O–H groups in total. The van der Waals surface area contributed by atoms with Gasteiger partial charge in [0.25, 0.3) is 0 Å². The van der Waals surface area contributed by atoms with E-state index in [2.05, 4.69) is 29.8 Å². The van der Waals surface area contributed by atoms with Crippen LogP contribution in [0.1, 0.15) is 78.1 Å². The minimum absolute atomic E-state index is 0.0185. The molecule has 4 aliphatic rings. The van der Waals surface area contributed by atoms with Gasteiger partial charge in [-0.15, -0.1) is 0 Å². The van der Waals surface area contributed by atoms with Crippen molar-refractivity contribution in [2.45, 2.75) is 84.2 Å². The van der Waals surface area contributed by atoms with Gasteiger partial charge in [-0.05, 0) is 80.6 Å². The maximum atomic E-state index is 12.2. The van der Waals surface area contributed by atoms with Crippen LogP contribution >= 0.6 is 15.9 Å². The molecule has 3 saturated carbocycles. The first kappa shape index (κ1) is 19.7. The smallest absolute Gasteiger partial charge is 0.306 e. The molecule has 27 heavy (non-hydrogen) atoms. The molecule has 6 atom stereocenters. The highest BCUT2D eigenvalue weighted by Crippen LogP contribution is 2.65. The molecule has 0 bridgehead atoms. The summed E-state index contributed by atoms with van der Waals surface area (Å²) in [6.07, 6.45) is 12.1. The van der Waals surface area contributed by atoms with Gasteiger partial charge in [0.2, 0.25) is 0 Å². The number of ketones is 1. The van der Waals surface area contributed by atoms with E-state index >= 15 is 0 Å². The van der Waals surface area contributed by atoms with Crippen molar-refractivity contribution in [3.63, 3.8) is 0 Å². The third-order valence-electron chi connectivity index (χ3n) is 8.66. The Balaban J connectivity index is 1.51. The first-order valence-corrected chi connectivity index (χ1v) is 12.0. The molecular formula is C23H33BrO3. The molecule has 0 heterocycles. The fourth-order valence-corrected chi connectivity index (χ4v) is 7.41. The van der Waals surface area contributed by atoms with Crippen molar-refractivity contribution >= 4 is 27.7 Å². The zero-order valence-electron chi connectivity index (χ0n) is 16.8. The van der Waals surface area contributed by atoms with E-state index in [0.717, 1.165) is 49.8 Å². The van der Waals surface area contributed by atoms with E-state index in [-0.39, 0.29) is 22.9 Å². The van der Waals surface area contributed by atoms with Crippen LogP contribution in [0.15, 0.2) is 11.6 Å². The maximum Gasteiger partial charge on any atom is 0.306 e. The zero-order valence-corrected chi connectivity index (χ0v) is 18.4. The summed E-state index contributed by atoms with van der Waals surface area (Å²) < 4.78 is 6.00. The van der Waals surface area contributed by atoms with Gasteiger partial charge >= 0.3 is 5.97 Å². The molecule has 0 aromatic heterocycles. The lowest BCUT2D eigenvalue weighted by Gasteiger charge is -2.57. The molecule has 0 spiro atoms. The van der Waals surface area contributed by atoms with E-state index in [1.807, 2.05) is 6.08 Å². The van der Waals surface area contributed by atoms with Crippen LogP contribution in [0.3, 0.4) is 0 Å². The summed E-state index contributed by atoms with van der Waals surface area (Å²) in [4.78, 5) is 24.2. The quantitative estimate of drug-likeness (QED) is 0.425. The van der Waals surface area contributed by atoms with E-state index in [4.69, 9.17) is 4.74 Å². The monoisotopic (exact) mass is 436 g/mol. The lowest BCUT2D eigenvalue weighted by molar-refractivity contribution is -0.159. The maximum absolute atomic E-state index is 12.2. The van der Waals surface area contributed by atoms with E-state index in [9.17, 15) is 9.59 Å². The number of carbonyl (C=O) groups excluding carboxylic acids is 2. The van der Waals surface area contributed by atoms with Crippen LogP contribution in [0.2, 0.25) is 0 Å². The summed E-state index contributed by atoms with van der Waals surface area (Å²) in [5.41, 5.74) is 1.80. The Morgan fingerprint density at radius 3 is 2.74 bits per heavy atom. The molecule has 0 aliphatic heterocycles. The van der Waals surface area contributed by atoms with Crippen LogP contribution < -0.4 is 0 Å². The number of hydrogen-bond acceptors (Lipinski definition) is 3. The molecule has 150 valence electrons. The van der Waals surface area contributed by atoms with Gasteiger partial charge in [0, 0.05) is 23.6 Å². The molecule has 4 rings (SSSR count). The second-order valence-corrected chi connectivity index (χ2v) is 10.7. The third kappa shape index (κ3) is 3.24. The summed E-state index contributed by atoms with van der Waals surface area (Å²) in [5.74, 6) is 2.41. The predicted octanol–water partition coefficient (Wildman–Crippen LogP) is 5.61. The van der Waals surface area contributed by atoms with E-state index < -0.39 is 0 Å². The number of esters is 1. The van der Waals surface area contributed by atoms with Gasteiger partial charge in [-0.2, -0.15) is 0 Å². The van der Waals surface area contributed by atoms with Gasteiger partial charge in [0.1, 0.15) is 6.10 Å². The molecule has 3 fully saturated rings. The predicted molar refractivity (Wildman–Crippen MR) is 110 cm³/mol. The molecular weight excluding hydrogens is 404 g/mol. The Hall–Kier alpha value is -0.640. The van der Waals surface area contributed by atoms with Crippen molar-refractivity contribution in [3.8, 4) is 0 Å². The number of halogens is 1. The highest BCUT2D eigenvalue weighted by molar-refractivity contribution is 9.09. The summed E-state index contributed by atoms with van der Waals surface area (Å²) in [6.45, 7) is 4.82. The molecule has 0 radical (unpaired) electrons. The third-order valence-corrected chi connectivity index (χ3v) is 9.22. The summed E-state index contributed by atoms with van der Waals surface area (Å²) >= 11 is 3.40. The standard InChI is InChI=1S/C23H33BrO3/c1-22-11-9-16(25)14-15(22)5-6-17-18-7-8-20(27-21(26)4-3-13-24)23(18,2)12-10-19(17)22/h14,17-20H,3-13H2,1-2H3/t17-,18-,19-,20-,22?,23?/m0/s1. The zero-order chi connectivity index (χ0) is 19.2. The van der Waals surface area contributed by atoms with Gasteiger partial charge in [-0.1, -0.05) is 35.4 Å². The lowest BCUT2D eigenvalue weighted by Crippen LogP contribution is -2.51. The van der Waals surface area contributed by atoms with Crippen LogP contribution in [-0.2, 0) is 14.3 Å². The number of rotatable bonds is 4. The molecule has 4 heteroatoms. The van der Waals surface area contributed by atoms with Gasteiger partial charge in [0.15, 0.2) is 5.78 Å². The van der Waals surface area contributed by atoms with Gasteiger partial charge in [-0.25, -0.2) is 0 Å². The topological polar surface area (TPSA) is 43.4 Å². The normalized spacial score (nSPS) is 43.4. The van der Waals surface area contributed by atoms with Crippen molar-refractivity contribution in [1.82, 2.24) is 0 Å². The highest BCUT2D eigenvalue weighted by Gasteiger charge is 2.59. The Labute approximate surface area is 171 Å². The average Bonchev–Trinajstić information content (AvgIpc) is 2.97. The van der Waals surface area contributed by atoms with Crippen LogP contribution in [-0.4, -0.2) is 23.2 Å². The molecule has 0 aromatic carbocycles. The number of ether oxygens (including phenoxy) is 1. The molecule has 4 aliphatic carbocycles. The second-order valence-electron chi connectivity index (χ2n) is 9.86. The number of alkyl halides is 1. The Morgan fingerprint density at radius 1 is 1.15 bits per heavy atom. The largest absolute Gasteiger partial charge is 0.462 e. The molecule has 0 saturated heterocycles. The fourth-order valence-electron chi connectivity index (χ4n) is 7.13. The molecule has 0 amide bonds. The Bertz CT molecular complexity index is 656.